The third kappa shape index (κ3) is 3.59. The van der Waals surface area contributed by atoms with Crippen molar-refractivity contribution in [3.63, 3.8) is 0 Å². The topological polar surface area (TPSA) is 121 Å². The van der Waals surface area contributed by atoms with Crippen molar-refractivity contribution in [1.82, 2.24) is 38.6 Å². The summed E-state index contributed by atoms with van der Waals surface area (Å²) in [4.78, 5) is 46.2. The molecule has 5 aromatic rings. The zero-order chi connectivity index (χ0) is 24.0. The Labute approximate surface area is 194 Å². The molecule has 0 saturated heterocycles. The van der Waals surface area contributed by atoms with Gasteiger partial charge in [-0.05, 0) is 12.1 Å². The molecule has 174 valence electrons. The SMILES string of the molecule is Cn1c(=O)c2c(ncn2CC(=O)NCCc2csc3nc(-c4ccccc4F)nn23)n(C)c1=O. The van der Waals surface area contributed by atoms with Gasteiger partial charge in [0.05, 0.1) is 17.6 Å². The molecule has 4 aromatic heterocycles. The van der Waals surface area contributed by atoms with Crippen LogP contribution < -0.4 is 16.6 Å². The maximum atomic E-state index is 14.1. The zero-order valence-corrected chi connectivity index (χ0v) is 19.0. The number of fused-ring (bicyclic) bond motifs is 2. The van der Waals surface area contributed by atoms with Crippen LogP contribution in [0.5, 0.6) is 0 Å². The summed E-state index contributed by atoms with van der Waals surface area (Å²) in [5.74, 6) is -0.401. The molecule has 5 rings (SSSR count). The quantitative estimate of drug-likeness (QED) is 0.380. The number of aromatic nitrogens is 7. The monoisotopic (exact) mass is 482 g/mol. The van der Waals surface area contributed by atoms with E-state index in [1.807, 2.05) is 5.38 Å². The summed E-state index contributed by atoms with van der Waals surface area (Å²) in [6, 6.07) is 6.32. The van der Waals surface area contributed by atoms with Crippen molar-refractivity contribution in [3.05, 3.63) is 68.3 Å². The Kier molecular flexibility index (Phi) is 5.32. The Balaban J connectivity index is 1.28. The summed E-state index contributed by atoms with van der Waals surface area (Å²) in [6.07, 6.45) is 1.85. The third-order valence-electron chi connectivity index (χ3n) is 5.50. The fraction of sp³-hybridized carbons (Fsp3) is 0.238. The molecule has 0 atom stereocenters. The molecule has 1 N–H and O–H groups in total. The zero-order valence-electron chi connectivity index (χ0n) is 18.2. The summed E-state index contributed by atoms with van der Waals surface area (Å²) in [7, 11) is 2.90. The van der Waals surface area contributed by atoms with Crippen LogP contribution in [0, 0.1) is 5.82 Å². The number of halogens is 1. The Morgan fingerprint density at radius 1 is 1.18 bits per heavy atom. The van der Waals surface area contributed by atoms with Crippen molar-refractivity contribution in [3.8, 4) is 11.4 Å². The normalized spacial score (nSPS) is 11.5. The van der Waals surface area contributed by atoms with Gasteiger partial charge in [-0.15, -0.1) is 16.4 Å². The van der Waals surface area contributed by atoms with Crippen LogP contribution in [0.15, 0.2) is 45.6 Å². The maximum Gasteiger partial charge on any atom is 0.332 e. The van der Waals surface area contributed by atoms with Crippen molar-refractivity contribution in [2.75, 3.05) is 6.54 Å². The molecule has 4 heterocycles. The Morgan fingerprint density at radius 2 is 1.97 bits per heavy atom. The van der Waals surface area contributed by atoms with E-state index in [0.29, 0.717) is 29.3 Å². The molecule has 34 heavy (non-hydrogen) atoms. The predicted octanol–water partition coefficient (Wildman–Crippen LogP) is 0.703. The van der Waals surface area contributed by atoms with Crippen LogP contribution >= 0.6 is 11.3 Å². The number of nitrogens with one attached hydrogen (secondary N) is 1. The minimum atomic E-state index is -0.513. The van der Waals surface area contributed by atoms with E-state index in [9.17, 15) is 18.8 Å². The number of rotatable bonds is 6. The van der Waals surface area contributed by atoms with Gasteiger partial charge in [0, 0.05) is 32.4 Å². The number of aryl methyl sites for hydroxylation is 1. The summed E-state index contributed by atoms with van der Waals surface area (Å²) >= 11 is 1.38. The number of carbonyl (C=O) groups is 1. The van der Waals surface area contributed by atoms with E-state index in [4.69, 9.17) is 0 Å². The highest BCUT2D eigenvalue weighted by Gasteiger charge is 2.17. The summed E-state index contributed by atoms with van der Waals surface area (Å²) < 4.78 is 19.4. The van der Waals surface area contributed by atoms with Gasteiger partial charge in [0.1, 0.15) is 12.4 Å². The predicted molar refractivity (Wildman–Crippen MR) is 123 cm³/mol. The number of imidazole rings is 1. The van der Waals surface area contributed by atoms with Crippen LogP contribution in [0.2, 0.25) is 0 Å². The van der Waals surface area contributed by atoms with Crippen LogP contribution in [-0.4, -0.2) is 45.7 Å². The Morgan fingerprint density at radius 3 is 2.76 bits per heavy atom. The van der Waals surface area contributed by atoms with E-state index in [1.165, 1.54) is 47.0 Å². The number of hydrogen-bond acceptors (Lipinski definition) is 7. The summed E-state index contributed by atoms with van der Waals surface area (Å²) in [5, 5.41) is 9.12. The maximum absolute atomic E-state index is 14.1. The van der Waals surface area contributed by atoms with E-state index < -0.39 is 17.1 Å². The van der Waals surface area contributed by atoms with Crippen molar-refractivity contribution < 1.29 is 9.18 Å². The number of carbonyl (C=O) groups excluding carboxylic acids is 1. The van der Waals surface area contributed by atoms with Gasteiger partial charge in [-0.3, -0.25) is 18.7 Å². The fourth-order valence-electron chi connectivity index (χ4n) is 3.71. The van der Waals surface area contributed by atoms with Crippen LogP contribution in [0.25, 0.3) is 27.5 Å². The van der Waals surface area contributed by atoms with Crippen LogP contribution in [-0.2, 0) is 31.9 Å². The second kappa shape index (κ2) is 8.33. The van der Waals surface area contributed by atoms with Gasteiger partial charge in [-0.1, -0.05) is 12.1 Å². The number of benzene rings is 1. The van der Waals surface area contributed by atoms with Crippen LogP contribution in [0.4, 0.5) is 4.39 Å². The highest BCUT2D eigenvalue weighted by atomic mass is 32.1. The molecule has 0 unspecified atom stereocenters. The average molecular weight is 483 g/mol. The van der Waals surface area contributed by atoms with Gasteiger partial charge < -0.3 is 9.88 Å². The van der Waals surface area contributed by atoms with Gasteiger partial charge in [0.2, 0.25) is 10.9 Å². The van der Waals surface area contributed by atoms with Crippen LogP contribution in [0.1, 0.15) is 5.69 Å². The molecule has 0 bridgehead atoms. The van der Waals surface area contributed by atoms with Gasteiger partial charge in [0.25, 0.3) is 5.56 Å². The molecule has 0 aliphatic carbocycles. The van der Waals surface area contributed by atoms with E-state index in [-0.39, 0.29) is 23.6 Å². The minimum absolute atomic E-state index is 0.121. The van der Waals surface area contributed by atoms with Gasteiger partial charge in [-0.25, -0.2) is 18.7 Å². The lowest BCUT2D eigenvalue weighted by molar-refractivity contribution is -0.121. The van der Waals surface area contributed by atoms with Crippen molar-refractivity contribution >= 4 is 33.4 Å². The first kappa shape index (κ1) is 21.7. The second-order valence-corrected chi connectivity index (χ2v) is 8.52. The standard InChI is InChI=1S/C21H19FN8O3S/c1-27-18-16(19(32)28(2)21(27)33)29(11-24-18)9-15(31)23-8-7-12-10-34-20-25-17(26-30(12)20)13-5-3-4-6-14(13)22/h3-6,10-11H,7-9H2,1-2H3,(H,23,31). The Bertz CT molecular complexity index is 1680. The largest absolute Gasteiger partial charge is 0.354 e. The molecule has 0 saturated carbocycles. The summed E-state index contributed by atoms with van der Waals surface area (Å²) in [5.41, 5.74) is 0.559. The van der Waals surface area contributed by atoms with E-state index >= 15 is 0 Å². The minimum Gasteiger partial charge on any atom is -0.354 e. The Hall–Kier alpha value is -4.13. The lowest BCUT2D eigenvalue weighted by Crippen LogP contribution is -2.38. The summed E-state index contributed by atoms with van der Waals surface area (Å²) in [6.45, 7) is 0.201. The van der Waals surface area contributed by atoms with Crippen molar-refractivity contribution in [2.45, 2.75) is 13.0 Å². The fourth-order valence-corrected chi connectivity index (χ4v) is 4.57. The van der Waals surface area contributed by atoms with Gasteiger partial charge >= 0.3 is 5.69 Å². The molecule has 0 radical (unpaired) electrons. The van der Waals surface area contributed by atoms with Crippen molar-refractivity contribution in [1.29, 1.82) is 0 Å². The molecule has 1 aromatic carbocycles. The number of amides is 1. The molecule has 11 nitrogen and oxygen atoms in total. The molecule has 0 fully saturated rings. The van der Waals surface area contributed by atoms with Gasteiger partial charge in [-0.2, -0.15) is 4.98 Å². The van der Waals surface area contributed by atoms with Crippen molar-refractivity contribution in [2.24, 2.45) is 14.1 Å². The first-order valence-electron chi connectivity index (χ1n) is 10.3. The number of hydrogen-bond donors (Lipinski definition) is 1. The molecule has 13 heteroatoms. The number of thiazole rings is 1. The first-order chi connectivity index (χ1) is 16.3. The van der Waals surface area contributed by atoms with Crippen LogP contribution in [0.3, 0.4) is 0 Å². The molecule has 0 spiro atoms. The average Bonchev–Trinajstić information content (AvgIpc) is 3.52. The highest BCUT2D eigenvalue weighted by molar-refractivity contribution is 7.15. The lowest BCUT2D eigenvalue weighted by atomic mass is 10.2. The molecular weight excluding hydrogens is 463 g/mol. The number of nitrogens with zero attached hydrogens (tertiary/aromatic N) is 7. The second-order valence-electron chi connectivity index (χ2n) is 7.69. The first-order valence-corrected chi connectivity index (χ1v) is 11.2. The molecule has 1 amide bonds. The smallest absolute Gasteiger partial charge is 0.332 e. The molecule has 0 aliphatic heterocycles. The van der Waals surface area contributed by atoms with E-state index in [1.54, 1.807) is 22.7 Å². The molecular formula is C21H19FN8O3S. The van der Waals surface area contributed by atoms with Gasteiger partial charge in [0.15, 0.2) is 17.0 Å². The van der Waals surface area contributed by atoms with E-state index in [2.05, 4.69) is 20.4 Å². The molecule has 0 aliphatic rings. The highest BCUT2D eigenvalue weighted by Crippen LogP contribution is 2.23. The van der Waals surface area contributed by atoms with E-state index in [0.717, 1.165) is 10.3 Å². The third-order valence-corrected chi connectivity index (χ3v) is 6.36. The lowest BCUT2D eigenvalue weighted by Gasteiger charge is -2.07.